The van der Waals surface area contributed by atoms with E-state index in [1.54, 1.807) is 0 Å². The number of aliphatic hydroxyl groups excluding tert-OH is 1. The van der Waals surface area contributed by atoms with Gasteiger partial charge in [-0.2, -0.15) is 0 Å². The van der Waals surface area contributed by atoms with Gasteiger partial charge in [0.25, 0.3) is 0 Å². The van der Waals surface area contributed by atoms with Crippen LogP contribution in [-0.2, 0) is 19.1 Å². The normalized spacial score (nSPS) is 13.4. The zero-order valence-corrected chi connectivity index (χ0v) is 56.7. The summed E-state index contributed by atoms with van der Waals surface area (Å²) >= 11 is 0. The molecule has 5 heteroatoms. The summed E-state index contributed by atoms with van der Waals surface area (Å²) in [5.41, 5.74) is 0. The van der Waals surface area contributed by atoms with Crippen LogP contribution in [-0.4, -0.2) is 36.4 Å². The van der Waals surface area contributed by atoms with Crippen molar-refractivity contribution in [3.8, 4) is 0 Å². The molecular formula is C83H132O5. The van der Waals surface area contributed by atoms with E-state index in [1.165, 1.54) is 122 Å². The molecule has 0 aromatic carbocycles. The van der Waals surface area contributed by atoms with Crippen molar-refractivity contribution in [1.82, 2.24) is 0 Å². The number of rotatable bonds is 64. The van der Waals surface area contributed by atoms with Gasteiger partial charge in [0.15, 0.2) is 6.10 Å². The van der Waals surface area contributed by atoms with E-state index in [0.717, 1.165) is 148 Å². The molecule has 5 nitrogen and oxygen atoms in total. The van der Waals surface area contributed by atoms with Gasteiger partial charge in [0.05, 0.1) is 6.61 Å². The Kier molecular flexibility index (Phi) is 71.4. The summed E-state index contributed by atoms with van der Waals surface area (Å²) < 4.78 is 10.7. The van der Waals surface area contributed by atoms with Crippen molar-refractivity contribution < 1.29 is 24.2 Å². The predicted octanol–water partition coefficient (Wildman–Crippen LogP) is 25.5. The van der Waals surface area contributed by atoms with Crippen molar-refractivity contribution in [3.05, 3.63) is 194 Å². The van der Waals surface area contributed by atoms with Crippen molar-refractivity contribution >= 4 is 11.9 Å². The monoisotopic (exact) mass is 1210 g/mol. The molecule has 1 atom stereocenters. The smallest absolute Gasteiger partial charge is 0.306 e. The largest absolute Gasteiger partial charge is 0.462 e. The summed E-state index contributed by atoms with van der Waals surface area (Å²) in [4.78, 5) is 24.7. The van der Waals surface area contributed by atoms with Crippen LogP contribution in [0.25, 0.3) is 0 Å². The Morgan fingerprint density at radius 1 is 0.261 bits per heavy atom. The van der Waals surface area contributed by atoms with Crippen molar-refractivity contribution in [2.75, 3.05) is 13.2 Å². The highest BCUT2D eigenvalue weighted by Gasteiger charge is 2.16. The molecule has 0 amide bonds. The third-order valence-corrected chi connectivity index (χ3v) is 14.9. The van der Waals surface area contributed by atoms with Gasteiger partial charge in [0.2, 0.25) is 0 Å². The van der Waals surface area contributed by atoms with Crippen LogP contribution in [0, 0.1) is 0 Å². The molecule has 0 aliphatic heterocycles. The molecular weight excluding hydrogens is 1080 g/mol. The van der Waals surface area contributed by atoms with Gasteiger partial charge in [-0.1, -0.05) is 337 Å². The fourth-order valence-electron chi connectivity index (χ4n) is 9.59. The van der Waals surface area contributed by atoms with Gasteiger partial charge in [-0.3, -0.25) is 9.59 Å². The van der Waals surface area contributed by atoms with Crippen LogP contribution in [0.2, 0.25) is 0 Å². The Morgan fingerprint density at radius 2 is 0.455 bits per heavy atom. The molecule has 0 fully saturated rings. The van der Waals surface area contributed by atoms with Crippen LogP contribution in [0.1, 0.15) is 296 Å². The molecule has 0 rings (SSSR count). The van der Waals surface area contributed by atoms with Gasteiger partial charge in [-0.05, 0) is 141 Å². The highest BCUT2D eigenvalue weighted by Crippen LogP contribution is 2.17. The molecule has 0 saturated heterocycles. The second-order valence-corrected chi connectivity index (χ2v) is 23.2. The molecule has 0 heterocycles. The second-order valence-electron chi connectivity index (χ2n) is 23.2. The lowest BCUT2D eigenvalue weighted by Crippen LogP contribution is -2.28. The average Bonchev–Trinajstić information content (AvgIpc) is 3.55. The number of hydrogen-bond acceptors (Lipinski definition) is 5. The maximum absolute atomic E-state index is 12.4. The maximum atomic E-state index is 12.4. The fourth-order valence-corrected chi connectivity index (χ4v) is 9.59. The number of hydrogen-bond donors (Lipinski definition) is 1. The molecule has 1 N–H and O–H groups in total. The van der Waals surface area contributed by atoms with E-state index >= 15 is 0 Å². The Bertz CT molecular complexity index is 2000. The second kappa shape index (κ2) is 76.0. The summed E-state index contributed by atoms with van der Waals surface area (Å²) in [7, 11) is 0. The van der Waals surface area contributed by atoms with Gasteiger partial charge in [-0.25, -0.2) is 0 Å². The Hall–Kier alpha value is -5.26. The number of allylic oxidation sites excluding steroid dienone is 32. The van der Waals surface area contributed by atoms with E-state index in [9.17, 15) is 14.7 Å². The Labute approximate surface area is 543 Å². The molecule has 0 aromatic heterocycles. The molecule has 0 aliphatic carbocycles. The first kappa shape index (κ1) is 82.7. The topological polar surface area (TPSA) is 72.8 Å². The summed E-state index contributed by atoms with van der Waals surface area (Å²) in [6, 6.07) is 0. The van der Waals surface area contributed by atoms with E-state index < -0.39 is 6.10 Å². The Balaban J connectivity index is 3.58. The zero-order valence-electron chi connectivity index (χ0n) is 56.7. The number of esters is 2. The standard InChI is InChI=1S/C83H132O5/c1-3-5-7-9-11-13-15-17-19-21-23-25-27-29-31-33-35-37-39-41-43-45-47-49-51-53-55-57-59-61-63-65-67-69-71-73-75-77-82(85)87-80-81(79-84)88-83(86)78-76-74-72-70-68-66-64-62-60-58-56-54-52-50-48-46-44-42-40-38-36-34-32-30-28-26-24-22-20-18-16-14-12-10-8-6-4-2/h5-8,11-14,17-20,23-26,29-32,36,38,42,44,48,50,54,56,60,62,66,68,81,84H,3-4,9-10,15-16,21-22,27-28,33-35,37,39-41,43,45-47,49,51-53,55,57-59,61,63-65,67,69-80H2,1-2H3/b7-5-,8-6-,13-11-,14-12-,19-17-,20-18-,25-23-,26-24-,31-29-,32-30-,38-36-,44-42-,50-48-,56-54-,62-60-,68-66-. The van der Waals surface area contributed by atoms with E-state index in [-0.39, 0.29) is 25.2 Å². The van der Waals surface area contributed by atoms with E-state index in [0.29, 0.717) is 12.8 Å². The van der Waals surface area contributed by atoms with Gasteiger partial charge in [0.1, 0.15) is 6.61 Å². The van der Waals surface area contributed by atoms with E-state index in [4.69, 9.17) is 9.47 Å². The van der Waals surface area contributed by atoms with Crippen molar-refractivity contribution in [2.24, 2.45) is 0 Å². The van der Waals surface area contributed by atoms with Crippen LogP contribution < -0.4 is 0 Å². The van der Waals surface area contributed by atoms with Gasteiger partial charge in [-0.15, -0.1) is 0 Å². The number of unbranched alkanes of at least 4 members (excludes halogenated alkanes) is 24. The SMILES string of the molecule is CC/C=C\C/C=C\C/C=C\C/C=C\C/C=C\C/C=C\C/C=C\C/C=C\C/C=C\C/C=C\C/C=C\CCCCCC(=O)OC(CO)COC(=O)CCCCCCCCCCCCCCCCCCCCCCC/C=C\C/C=C\C/C=C\C/C=C\C/C=C\CC. The quantitative estimate of drug-likeness (QED) is 0.0373. The van der Waals surface area contributed by atoms with Crippen LogP contribution in [0.15, 0.2) is 194 Å². The number of aliphatic hydroxyl groups is 1. The van der Waals surface area contributed by atoms with Crippen molar-refractivity contribution in [3.63, 3.8) is 0 Å². The van der Waals surface area contributed by atoms with Gasteiger partial charge < -0.3 is 14.6 Å². The highest BCUT2D eigenvalue weighted by atomic mass is 16.6. The molecule has 0 saturated carbocycles. The van der Waals surface area contributed by atoms with E-state index in [2.05, 4.69) is 208 Å². The minimum absolute atomic E-state index is 0.0886. The molecule has 494 valence electrons. The first-order chi connectivity index (χ1) is 43.6. The third kappa shape index (κ3) is 73.2. The summed E-state index contributed by atoms with van der Waals surface area (Å²) in [5, 5.41) is 9.70. The Morgan fingerprint density at radius 3 is 0.693 bits per heavy atom. The minimum atomic E-state index is -0.804. The van der Waals surface area contributed by atoms with Gasteiger partial charge in [0, 0.05) is 12.8 Å². The predicted molar refractivity (Wildman–Crippen MR) is 389 cm³/mol. The first-order valence-corrected chi connectivity index (χ1v) is 36.0. The molecule has 0 bridgehead atoms. The van der Waals surface area contributed by atoms with Crippen LogP contribution in [0.3, 0.4) is 0 Å². The van der Waals surface area contributed by atoms with Crippen LogP contribution >= 0.6 is 0 Å². The van der Waals surface area contributed by atoms with Crippen molar-refractivity contribution in [1.29, 1.82) is 0 Å². The molecule has 0 spiro atoms. The first-order valence-electron chi connectivity index (χ1n) is 36.0. The van der Waals surface area contributed by atoms with Crippen molar-refractivity contribution in [2.45, 2.75) is 302 Å². The number of ether oxygens (including phenoxy) is 2. The lowest BCUT2D eigenvalue weighted by atomic mass is 10.0. The van der Waals surface area contributed by atoms with E-state index in [1.807, 2.05) is 0 Å². The lowest BCUT2D eigenvalue weighted by Gasteiger charge is -2.15. The molecule has 1 unspecified atom stereocenters. The number of carbonyl (C=O) groups excluding carboxylic acids is 2. The van der Waals surface area contributed by atoms with Crippen LogP contribution in [0.4, 0.5) is 0 Å². The highest BCUT2D eigenvalue weighted by molar-refractivity contribution is 5.70. The minimum Gasteiger partial charge on any atom is -0.462 e. The number of carbonyl (C=O) groups is 2. The lowest BCUT2D eigenvalue weighted by molar-refractivity contribution is -0.161. The molecule has 0 aromatic rings. The summed E-state index contributed by atoms with van der Waals surface area (Å²) in [5.74, 6) is -0.633. The van der Waals surface area contributed by atoms with Crippen LogP contribution in [0.5, 0.6) is 0 Å². The maximum Gasteiger partial charge on any atom is 0.306 e. The third-order valence-electron chi connectivity index (χ3n) is 14.9. The fraction of sp³-hybridized carbons (Fsp3) is 0.590. The molecule has 0 aliphatic rings. The summed E-state index contributed by atoms with van der Waals surface area (Å²) in [6.07, 6.45) is 120. The summed E-state index contributed by atoms with van der Waals surface area (Å²) in [6.45, 7) is 3.89. The zero-order chi connectivity index (χ0) is 63.3. The average molecular weight is 1210 g/mol. The van der Waals surface area contributed by atoms with Gasteiger partial charge >= 0.3 is 11.9 Å². The molecule has 0 radical (unpaired) electrons. The molecule has 88 heavy (non-hydrogen) atoms.